The van der Waals surface area contributed by atoms with Crippen LogP contribution in [-0.2, 0) is 4.79 Å². The minimum atomic E-state index is -1.27. The molecule has 0 atom stereocenters. The zero-order chi connectivity index (χ0) is 17.7. The van der Waals surface area contributed by atoms with Crippen LogP contribution in [0.3, 0.4) is 0 Å². The van der Waals surface area contributed by atoms with E-state index in [9.17, 15) is 19.7 Å². The first-order chi connectivity index (χ1) is 11.4. The zero-order valence-corrected chi connectivity index (χ0v) is 12.2. The quantitative estimate of drug-likeness (QED) is 0.466. The maximum absolute atomic E-state index is 11.1. The smallest absolute Gasteiger partial charge is 0.335 e. The van der Waals surface area contributed by atoms with E-state index in [1.807, 2.05) is 0 Å². The lowest BCUT2D eigenvalue weighted by Crippen LogP contribution is -2.35. The van der Waals surface area contributed by atoms with Crippen LogP contribution in [0.2, 0.25) is 0 Å². The number of nitrogens with zero attached hydrogens (tertiary/aromatic N) is 3. The van der Waals surface area contributed by atoms with Crippen molar-refractivity contribution in [2.45, 2.75) is 0 Å². The summed E-state index contributed by atoms with van der Waals surface area (Å²) >= 11 is 0. The number of urea groups is 1. The van der Waals surface area contributed by atoms with Gasteiger partial charge < -0.3 is 15.3 Å². The summed E-state index contributed by atoms with van der Waals surface area (Å²) in [4.78, 5) is 31.8. The molecule has 3 N–H and O–H groups in total. The number of nitrogens with two attached hydrogens (primary N) is 1. The van der Waals surface area contributed by atoms with Crippen molar-refractivity contribution in [1.82, 2.24) is 5.01 Å². The van der Waals surface area contributed by atoms with Crippen LogP contribution >= 0.6 is 0 Å². The van der Waals surface area contributed by atoms with Crippen molar-refractivity contribution in [2.75, 3.05) is 6.54 Å². The van der Waals surface area contributed by atoms with Crippen LogP contribution in [0.4, 0.5) is 10.5 Å². The first kappa shape index (κ1) is 16.7. The Morgan fingerprint density at radius 1 is 1.29 bits per heavy atom. The predicted molar refractivity (Wildman–Crippen MR) is 82.3 cm³/mol. The molecule has 0 saturated carbocycles. The number of hydrogen-bond acceptors (Lipinski definition) is 6. The van der Waals surface area contributed by atoms with Gasteiger partial charge in [0, 0.05) is 17.7 Å². The van der Waals surface area contributed by atoms with Crippen LogP contribution < -0.4 is 5.73 Å². The van der Waals surface area contributed by atoms with Crippen LogP contribution in [0.15, 0.2) is 45.9 Å². The molecule has 1 aromatic heterocycles. The normalized spacial score (nSPS) is 10.7. The lowest BCUT2D eigenvalue weighted by atomic mass is 10.1. The maximum atomic E-state index is 11.1. The molecular formula is C14H12N4O6. The Balaban J connectivity index is 2.15. The number of rotatable bonds is 6. The molecule has 0 aliphatic carbocycles. The molecule has 0 radical (unpaired) electrons. The molecule has 1 aromatic carbocycles. The largest absolute Gasteiger partial charge is 0.480 e. The number of carbonyl (C=O) groups is 2. The molecule has 2 rings (SSSR count). The lowest BCUT2D eigenvalue weighted by Gasteiger charge is -2.10. The molecule has 10 heteroatoms. The summed E-state index contributed by atoms with van der Waals surface area (Å²) in [5, 5.41) is 23.5. The van der Waals surface area contributed by atoms with Crippen molar-refractivity contribution in [3.05, 3.63) is 52.3 Å². The molecule has 24 heavy (non-hydrogen) atoms. The fourth-order valence-electron chi connectivity index (χ4n) is 1.76. The molecule has 0 saturated heterocycles. The molecular weight excluding hydrogens is 320 g/mol. The lowest BCUT2D eigenvalue weighted by molar-refractivity contribution is -0.384. The third-order valence-electron chi connectivity index (χ3n) is 2.85. The minimum Gasteiger partial charge on any atom is -0.480 e. The second-order valence-corrected chi connectivity index (χ2v) is 4.54. The number of amides is 2. The number of hydrogen-bond donors (Lipinski definition) is 2. The van der Waals surface area contributed by atoms with Crippen molar-refractivity contribution in [1.29, 1.82) is 0 Å². The Morgan fingerprint density at radius 3 is 2.50 bits per heavy atom. The van der Waals surface area contributed by atoms with Crippen molar-refractivity contribution in [3.8, 4) is 11.3 Å². The molecule has 0 spiro atoms. The summed E-state index contributed by atoms with van der Waals surface area (Å²) in [5.41, 5.74) is 5.57. The number of benzene rings is 1. The molecule has 0 aliphatic heterocycles. The van der Waals surface area contributed by atoms with Crippen molar-refractivity contribution in [3.63, 3.8) is 0 Å². The molecule has 124 valence electrons. The van der Waals surface area contributed by atoms with Crippen LogP contribution in [-0.4, -0.2) is 39.8 Å². The molecule has 0 fully saturated rings. The molecule has 2 amide bonds. The van der Waals surface area contributed by atoms with Crippen LogP contribution in [0.25, 0.3) is 11.3 Å². The number of nitro groups is 1. The van der Waals surface area contributed by atoms with Crippen LogP contribution in [0.1, 0.15) is 5.76 Å². The second-order valence-electron chi connectivity index (χ2n) is 4.54. The zero-order valence-electron chi connectivity index (χ0n) is 12.2. The summed E-state index contributed by atoms with van der Waals surface area (Å²) in [7, 11) is 0. The third-order valence-corrected chi connectivity index (χ3v) is 2.85. The van der Waals surface area contributed by atoms with E-state index >= 15 is 0 Å². The van der Waals surface area contributed by atoms with Gasteiger partial charge in [-0.15, -0.1) is 0 Å². The Bertz CT molecular complexity index is 796. The molecule has 0 bridgehead atoms. The molecule has 0 aliphatic rings. The van der Waals surface area contributed by atoms with Crippen molar-refractivity contribution < 1.29 is 24.0 Å². The predicted octanol–water partition coefficient (Wildman–Crippen LogP) is 1.65. The van der Waals surface area contributed by atoms with E-state index in [1.54, 1.807) is 12.1 Å². The number of nitro benzene ring substituents is 1. The van der Waals surface area contributed by atoms with Gasteiger partial charge in [-0.3, -0.25) is 14.9 Å². The Morgan fingerprint density at radius 2 is 1.96 bits per heavy atom. The molecule has 0 unspecified atom stereocenters. The van der Waals surface area contributed by atoms with E-state index in [2.05, 4.69) is 5.10 Å². The number of carboxylic acid groups (broad SMARTS) is 1. The monoisotopic (exact) mass is 332 g/mol. The van der Waals surface area contributed by atoms with Gasteiger partial charge in [-0.2, -0.15) is 5.10 Å². The van der Waals surface area contributed by atoms with Gasteiger partial charge in [-0.05, 0) is 24.3 Å². The Hall–Kier alpha value is -3.69. The van der Waals surface area contributed by atoms with E-state index in [0.29, 0.717) is 16.3 Å². The van der Waals surface area contributed by atoms with Gasteiger partial charge in [0.15, 0.2) is 0 Å². The van der Waals surface area contributed by atoms with Gasteiger partial charge in [0.1, 0.15) is 18.1 Å². The SMILES string of the molecule is NC(=O)N(CC(=O)O)/N=C/c1ccc(-c2ccc([N+](=O)[O-])cc2)o1. The highest BCUT2D eigenvalue weighted by Gasteiger charge is 2.12. The fraction of sp³-hybridized carbons (Fsp3) is 0.0714. The highest BCUT2D eigenvalue weighted by atomic mass is 16.6. The first-order valence-electron chi connectivity index (χ1n) is 6.54. The fourth-order valence-corrected chi connectivity index (χ4v) is 1.76. The average molecular weight is 332 g/mol. The standard InChI is InChI=1S/C14H12N4O6/c15-14(21)17(8-13(19)20)16-7-11-5-6-12(24-11)9-1-3-10(4-2-9)18(22)23/h1-7H,8H2,(H2,15,21)(H,19,20)/b16-7+. The van der Waals surface area contributed by atoms with Gasteiger partial charge in [-0.25, -0.2) is 9.80 Å². The first-order valence-corrected chi connectivity index (χ1v) is 6.54. The van der Waals surface area contributed by atoms with E-state index in [4.69, 9.17) is 15.3 Å². The number of aliphatic carboxylic acids is 1. The molecule has 10 nitrogen and oxygen atoms in total. The molecule has 1 heterocycles. The van der Waals surface area contributed by atoms with Gasteiger partial charge in [0.25, 0.3) is 5.69 Å². The number of primary amides is 1. The number of carbonyl (C=O) groups excluding carboxylic acids is 1. The summed E-state index contributed by atoms with van der Waals surface area (Å²) in [6, 6.07) is 7.86. The van der Waals surface area contributed by atoms with Gasteiger partial charge >= 0.3 is 12.0 Å². The van der Waals surface area contributed by atoms with Gasteiger partial charge in [0.2, 0.25) is 0 Å². The summed E-state index contributed by atoms with van der Waals surface area (Å²) in [5.74, 6) is -0.591. The highest BCUT2D eigenvalue weighted by molar-refractivity contribution is 5.82. The van der Waals surface area contributed by atoms with E-state index in [0.717, 1.165) is 6.21 Å². The third kappa shape index (κ3) is 4.16. The minimum absolute atomic E-state index is 0.0436. The summed E-state index contributed by atoms with van der Waals surface area (Å²) in [6.45, 7) is -0.679. The van der Waals surface area contributed by atoms with E-state index < -0.39 is 23.5 Å². The van der Waals surface area contributed by atoms with Crippen LogP contribution in [0, 0.1) is 10.1 Å². The maximum Gasteiger partial charge on any atom is 0.335 e. The van der Waals surface area contributed by atoms with Gasteiger partial charge in [-0.1, -0.05) is 0 Å². The summed E-state index contributed by atoms with van der Waals surface area (Å²) in [6.07, 6.45) is 1.14. The topological polar surface area (TPSA) is 152 Å². The van der Waals surface area contributed by atoms with E-state index in [1.165, 1.54) is 24.3 Å². The number of non-ortho nitro benzene ring substituents is 1. The van der Waals surface area contributed by atoms with E-state index in [-0.39, 0.29) is 11.4 Å². The summed E-state index contributed by atoms with van der Waals surface area (Å²) < 4.78 is 5.46. The number of furan rings is 1. The van der Waals surface area contributed by atoms with Crippen molar-refractivity contribution in [2.24, 2.45) is 10.8 Å². The van der Waals surface area contributed by atoms with Gasteiger partial charge in [0.05, 0.1) is 11.1 Å². The molecule has 2 aromatic rings. The Kier molecular flexibility index (Phi) is 4.90. The average Bonchev–Trinajstić information content (AvgIpc) is 2.99. The van der Waals surface area contributed by atoms with Crippen LogP contribution in [0.5, 0.6) is 0 Å². The van der Waals surface area contributed by atoms with Crippen molar-refractivity contribution >= 4 is 23.9 Å². The number of carboxylic acids is 1. The highest BCUT2D eigenvalue weighted by Crippen LogP contribution is 2.24. The Labute approximate surface area is 134 Å². The number of hydrazone groups is 1. The second kappa shape index (κ2) is 7.05.